The van der Waals surface area contributed by atoms with Crippen LogP contribution in [0.1, 0.15) is 53.4 Å². The van der Waals surface area contributed by atoms with Gasteiger partial charge in [0.15, 0.2) is 0 Å². The quantitative estimate of drug-likeness (QED) is 0.664. The molecule has 0 bridgehead atoms. The van der Waals surface area contributed by atoms with Gasteiger partial charge in [-0.1, -0.05) is 26.7 Å². The molecule has 0 radical (unpaired) electrons. The van der Waals surface area contributed by atoms with Crippen LogP contribution >= 0.6 is 7.14 Å². The summed E-state index contributed by atoms with van der Waals surface area (Å²) in [7, 11) is -2.38. The van der Waals surface area contributed by atoms with Gasteiger partial charge in [0.1, 0.15) is 12.5 Å². The summed E-state index contributed by atoms with van der Waals surface area (Å²) < 4.78 is 12.5. The van der Waals surface area contributed by atoms with Crippen LogP contribution in [0, 0.1) is 0 Å². The zero-order valence-corrected chi connectivity index (χ0v) is 10.9. The van der Waals surface area contributed by atoms with E-state index in [0.717, 1.165) is 25.7 Å². The van der Waals surface area contributed by atoms with E-state index < -0.39 is 12.5 Å². The second-order valence-corrected chi connectivity index (χ2v) is 8.31. The molecule has 0 saturated carbocycles. The fraction of sp³-hybridized carbons (Fsp3) is 1.00. The highest BCUT2D eigenvalue weighted by atomic mass is 31.2. The van der Waals surface area contributed by atoms with Crippen molar-refractivity contribution in [2.75, 3.05) is 12.3 Å². The summed E-state index contributed by atoms with van der Waals surface area (Å²) in [6.07, 6.45) is 5.42. The second kappa shape index (κ2) is 5.92. The van der Waals surface area contributed by atoms with Crippen LogP contribution in [-0.4, -0.2) is 22.8 Å². The molecule has 0 unspecified atom stereocenters. The molecule has 0 aliphatic rings. The first-order chi connectivity index (χ1) is 6.37. The van der Waals surface area contributed by atoms with Crippen molar-refractivity contribution in [2.24, 2.45) is 0 Å². The summed E-state index contributed by atoms with van der Waals surface area (Å²) in [5.74, 6) is 0. The van der Waals surface area contributed by atoms with E-state index in [9.17, 15) is 9.67 Å². The molecule has 0 aromatic carbocycles. The van der Waals surface area contributed by atoms with E-state index in [1.165, 1.54) is 0 Å². The smallest absolute Gasteiger partial charge is 0.117 e. The van der Waals surface area contributed by atoms with Crippen LogP contribution in [0.15, 0.2) is 0 Å². The molecule has 0 rings (SSSR count). The number of unbranched alkanes of at least 4 members (excludes halogenated alkanes) is 2. The molecule has 14 heavy (non-hydrogen) atoms. The number of rotatable bonds is 7. The summed E-state index contributed by atoms with van der Waals surface area (Å²) in [5.41, 5.74) is 0. The maximum absolute atomic E-state index is 12.5. The Bertz CT molecular complexity index is 182. The minimum atomic E-state index is -2.38. The molecule has 2 nitrogen and oxygen atoms in total. The van der Waals surface area contributed by atoms with Gasteiger partial charge in [0.25, 0.3) is 0 Å². The Kier molecular flexibility index (Phi) is 6.00. The predicted molar refractivity (Wildman–Crippen MR) is 63.5 cm³/mol. The first-order valence-electron chi connectivity index (χ1n) is 5.68. The SMILES string of the molecule is CCCCP(=O)(CCCC)C(C)(C)O. The lowest BCUT2D eigenvalue weighted by atomic mass is 10.4. The van der Waals surface area contributed by atoms with E-state index in [0.29, 0.717) is 12.3 Å². The van der Waals surface area contributed by atoms with Gasteiger partial charge in [-0.05, 0) is 26.7 Å². The first-order valence-corrected chi connectivity index (χ1v) is 7.75. The summed E-state index contributed by atoms with van der Waals surface area (Å²) in [5, 5.41) is 8.94. The largest absolute Gasteiger partial charge is 0.383 e. The van der Waals surface area contributed by atoms with Crippen molar-refractivity contribution in [2.45, 2.75) is 58.7 Å². The Labute approximate surface area is 88.5 Å². The van der Waals surface area contributed by atoms with Crippen LogP contribution in [0.4, 0.5) is 0 Å². The van der Waals surface area contributed by atoms with Gasteiger partial charge < -0.3 is 9.67 Å². The molecule has 0 heterocycles. The molecule has 0 aromatic rings. The third kappa shape index (κ3) is 4.14. The average molecular weight is 220 g/mol. The lowest BCUT2D eigenvalue weighted by molar-refractivity contribution is 0.162. The Balaban J connectivity index is 4.43. The van der Waals surface area contributed by atoms with Crippen LogP contribution in [0.5, 0.6) is 0 Å². The maximum Gasteiger partial charge on any atom is 0.117 e. The Hall–Kier alpha value is 0.190. The summed E-state index contributed by atoms with van der Waals surface area (Å²) in [4.78, 5) is 0. The molecule has 86 valence electrons. The zero-order chi connectivity index (χ0) is 11.2. The lowest BCUT2D eigenvalue weighted by Crippen LogP contribution is -2.23. The minimum absolute atomic E-state index is 0.701. The molecule has 0 aliphatic carbocycles. The van der Waals surface area contributed by atoms with Crippen molar-refractivity contribution < 1.29 is 9.67 Å². The summed E-state index contributed by atoms with van der Waals surface area (Å²) in [6, 6.07) is 0. The Morgan fingerprint density at radius 3 is 1.64 bits per heavy atom. The van der Waals surface area contributed by atoms with Gasteiger partial charge >= 0.3 is 0 Å². The zero-order valence-electron chi connectivity index (χ0n) is 10.0. The van der Waals surface area contributed by atoms with Gasteiger partial charge in [-0.25, -0.2) is 0 Å². The molecule has 3 heteroatoms. The van der Waals surface area contributed by atoms with E-state index in [1.807, 2.05) is 0 Å². The third-order valence-electron chi connectivity index (χ3n) is 2.74. The number of hydrogen-bond acceptors (Lipinski definition) is 2. The van der Waals surface area contributed by atoms with E-state index in [-0.39, 0.29) is 0 Å². The van der Waals surface area contributed by atoms with Gasteiger partial charge in [0, 0.05) is 12.3 Å². The van der Waals surface area contributed by atoms with Crippen LogP contribution in [0.25, 0.3) is 0 Å². The van der Waals surface area contributed by atoms with Crippen LogP contribution < -0.4 is 0 Å². The van der Waals surface area contributed by atoms with E-state index in [1.54, 1.807) is 13.8 Å². The molecule has 0 fully saturated rings. The lowest BCUT2D eigenvalue weighted by Gasteiger charge is -2.30. The number of aliphatic hydroxyl groups is 1. The van der Waals surface area contributed by atoms with Crippen LogP contribution in [0.3, 0.4) is 0 Å². The van der Waals surface area contributed by atoms with Gasteiger partial charge in [0.05, 0.1) is 0 Å². The van der Waals surface area contributed by atoms with Gasteiger partial charge in [-0.15, -0.1) is 0 Å². The normalized spacial score (nSPS) is 13.2. The van der Waals surface area contributed by atoms with Gasteiger partial charge in [-0.3, -0.25) is 0 Å². The van der Waals surface area contributed by atoms with E-state index >= 15 is 0 Å². The van der Waals surface area contributed by atoms with Crippen molar-refractivity contribution in [1.82, 2.24) is 0 Å². The highest BCUT2D eigenvalue weighted by Gasteiger charge is 2.36. The van der Waals surface area contributed by atoms with Crippen molar-refractivity contribution >= 4 is 7.14 Å². The van der Waals surface area contributed by atoms with Crippen molar-refractivity contribution in [3.05, 3.63) is 0 Å². The topological polar surface area (TPSA) is 37.3 Å². The number of hydrogen-bond donors (Lipinski definition) is 1. The second-order valence-electron chi connectivity index (χ2n) is 4.54. The molecule has 1 N–H and O–H groups in total. The third-order valence-corrected chi connectivity index (χ3v) is 6.81. The van der Waals surface area contributed by atoms with E-state index in [2.05, 4.69) is 13.8 Å². The van der Waals surface area contributed by atoms with Crippen LogP contribution in [0.2, 0.25) is 0 Å². The Morgan fingerprint density at radius 2 is 1.43 bits per heavy atom. The average Bonchev–Trinajstić information content (AvgIpc) is 2.09. The molecule has 0 aromatic heterocycles. The Morgan fingerprint density at radius 1 is 1.07 bits per heavy atom. The predicted octanol–water partition coefficient (Wildman–Crippen LogP) is 3.68. The van der Waals surface area contributed by atoms with E-state index in [4.69, 9.17) is 0 Å². The van der Waals surface area contributed by atoms with Gasteiger partial charge in [0.2, 0.25) is 0 Å². The van der Waals surface area contributed by atoms with Crippen LogP contribution in [-0.2, 0) is 4.57 Å². The maximum atomic E-state index is 12.5. The fourth-order valence-corrected chi connectivity index (χ4v) is 4.46. The molecule has 0 amide bonds. The molecule has 0 aliphatic heterocycles. The molecular weight excluding hydrogens is 195 g/mol. The van der Waals surface area contributed by atoms with Gasteiger partial charge in [-0.2, -0.15) is 0 Å². The molecule has 0 atom stereocenters. The first kappa shape index (κ1) is 14.2. The molecule has 0 saturated heterocycles. The summed E-state index contributed by atoms with van der Waals surface area (Å²) in [6.45, 7) is 7.57. The monoisotopic (exact) mass is 220 g/mol. The van der Waals surface area contributed by atoms with Crippen molar-refractivity contribution in [3.8, 4) is 0 Å². The minimum Gasteiger partial charge on any atom is -0.383 e. The standard InChI is InChI=1S/C11H25O2P/c1-5-7-9-14(13,10-8-6-2)11(3,4)12/h12H,5-10H2,1-4H3. The summed E-state index contributed by atoms with van der Waals surface area (Å²) >= 11 is 0. The molecular formula is C11H25O2P. The highest BCUT2D eigenvalue weighted by Crippen LogP contribution is 2.57. The fourth-order valence-electron chi connectivity index (χ4n) is 1.49. The van der Waals surface area contributed by atoms with Crippen molar-refractivity contribution in [3.63, 3.8) is 0 Å². The molecule has 0 spiro atoms. The highest BCUT2D eigenvalue weighted by molar-refractivity contribution is 7.65. The van der Waals surface area contributed by atoms with Crippen molar-refractivity contribution in [1.29, 1.82) is 0 Å².